The van der Waals surface area contributed by atoms with Gasteiger partial charge in [0, 0.05) is 6.07 Å². The average Bonchev–Trinajstić information content (AvgIpc) is 2.17. The second-order valence-electron chi connectivity index (χ2n) is 3.15. The van der Waals surface area contributed by atoms with Gasteiger partial charge < -0.3 is 15.4 Å². The van der Waals surface area contributed by atoms with Crippen molar-refractivity contribution in [1.82, 2.24) is 0 Å². The molecule has 1 rings (SSSR count). The van der Waals surface area contributed by atoms with E-state index in [2.05, 4.69) is 0 Å². The van der Waals surface area contributed by atoms with E-state index in [9.17, 15) is 30.7 Å². The molecule has 0 aromatic heterocycles. The van der Waals surface area contributed by atoms with Crippen LogP contribution in [0.25, 0.3) is 0 Å². The number of rotatable bonds is 3. The highest BCUT2D eigenvalue weighted by molar-refractivity contribution is 7.88. The van der Waals surface area contributed by atoms with Crippen LogP contribution < -0.4 is 5.73 Å². The minimum Gasteiger partial charge on any atom is -0.768 e. The molecule has 0 heterocycles. The normalized spacial score (nSPS) is 14.3. The molecule has 0 spiro atoms. The number of hydrogen-bond donors (Lipinski definition) is 4. The highest BCUT2D eigenvalue weighted by Crippen LogP contribution is 2.37. The summed E-state index contributed by atoms with van der Waals surface area (Å²) in [6, 6.07) is 0.241. The lowest BCUT2D eigenvalue weighted by Gasteiger charge is -2.16. The molecule has 0 saturated carbocycles. The van der Waals surface area contributed by atoms with E-state index >= 15 is 0 Å². The van der Waals surface area contributed by atoms with Gasteiger partial charge in [0.05, 0.1) is 10.6 Å². The SMILES string of the molecule is Nc1c(O)cc(S(=O)(=O)O)c(S(=O)[O-])c1S(=O)(=O)O. The molecular formula is C6H6NO9S3-. The maximum atomic E-state index is 11.0. The van der Waals surface area contributed by atoms with Crippen LogP contribution >= 0.6 is 0 Å². The number of hydrogen-bond acceptors (Lipinski definition) is 8. The third-order valence-electron chi connectivity index (χ3n) is 1.92. The topological polar surface area (TPSA) is 195 Å². The van der Waals surface area contributed by atoms with Crippen molar-refractivity contribution in [1.29, 1.82) is 0 Å². The average molecular weight is 332 g/mol. The molecule has 5 N–H and O–H groups in total. The summed E-state index contributed by atoms with van der Waals surface area (Å²) < 4.78 is 83.4. The minimum atomic E-state index is -5.27. The number of benzene rings is 1. The smallest absolute Gasteiger partial charge is 0.297 e. The zero-order valence-electron chi connectivity index (χ0n) is 8.67. The Kier molecular flexibility index (Phi) is 3.91. The van der Waals surface area contributed by atoms with Gasteiger partial charge in [-0.3, -0.25) is 13.3 Å². The largest absolute Gasteiger partial charge is 0.768 e. The van der Waals surface area contributed by atoms with E-state index in [1.807, 2.05) is 0 Å². The zero-order chi connectivity index (χ0) is 15.2. The van der Waals surface area contributed by atoms with Crippen LogP contribution in [0.2, 0.25) is 0 Å². The Hall–Kier alpha value is -1.25. The van der Waals surface area contributed by atoms with Crippen LogP contribution in [-0.4, -0.2) is 39.8 Å². The molecule has 13 heteroatoms. The van der Waals surface area contributed by atoms with Crippen LogP contribution in [0.4, 0.5) is 5.69 Å². The molecule has 1 unspecified atom stereocenters. The van der Waals surface area contributed by atoms with E-state index in [1.54, 1.807) is 0 Å². The van der Waals surface area contributed by atoms with Crippen LogP contribution in [0.15, 0.2) is 20.8 Å². The number of nitrogens with two attached hydrogens (primary N) is 1. The maximum absolute atomic E-state index is 11.0. The lowest BCUT2D eigenvalue weighted by molar-refractivity contribution is 0.454. The predicted molar refractivity (Wildman–Crippen MR) is 59.3 cm³/mol. The second kappa shape index (κ2) is 4.69. The molecular weight excluding hydrogens is 326 g/mol. The first kappa shape index (κ1) is 15.8. The standard InChI is InChI=1S/C6H7NO9S3/c7-4-2(8)1-3(18(11,12)13)5(17(9)10)6(4)19(14,15)16/h1,8H,7H2,(H,9,10)(H,11,12,13)(H,14,15,16)/p-1. The van der Waals surface area contributed by atoms with Gasteiger partial charge in [0.15, 0.2) is 0 Å². The Labute approximate surface area is 109 Å². The highest BCUT2D eigenvalue weighted by Gasteiger charge is 2.30. The minimum absolute atomic E-state index is 0.241. The van der Waals surface area contributed by atoms with E-state index < -0.39 is 57.4 Å². The predicted octanol–water partition coefficient (Wildman–Crippen LogP) is -1.29. The lowest BCUT2D eigenvalue weighted by Crippen LogP contribution is -2.14. The first-order valence-electron chi connectivity index (χ1n) is 4.07. The number of nitrogen functional groups attached to an aromatic ring is 1. The van der Waals surface area contributed by atoms with E-state index in [0.717, 1.165) is 0 Å². The van der Waals surface area contributed by atoms with E-state index in [-0.39, 0.29) is 6.07 Å². The molecule has 19 heavy (non-hydrogen) atoms. The van der Waals surface area contributed by atoms with Crippen molar-refractivity contribution in [2.24, 2.45) is 0 Å². The maximum Gasteiger partial charge on any atom is 0.297 e. The van der Waals surface area contributed by atoms with E-state index in [4.69, 9.17) is 14.8 Å². The molecule has 108 valence electrons. The van der Waals surface area contributed by atoms with E-state index in [1.165, 1.54) is 0 Å². The molecule has 1 aromatic rings. The van der Waals surface area contributed by atoms with Crippen LogP contribution in [0.5, 0.6) is 5.75 Å². The Balaban J connectivity index is 4.13. The molecule has 0 bridgehead atoms. The Morgan fingerprint density at radius 2 is 1.63 bits per heavy atom. The molecule has 0 aliphatic carbocycles. The summed E-state index contributed by atoms with van der Waals surface area (Å²) in [7, 11) is -10.5. The third-order valence-corrected chi connectivity index (χ3v) is 4.75. The van der Waals surface area contributed by atoms with Gasteiger partial charge in [-0.1, -0.05) is 0 Å². The number of phenolic OH excluding ortho intramolecular Hbond substituents is 1. The van der Waals surface area contributed by atoms with Gasteiger partial charge in [-0.05, 0) is 11.1 Å². The van der Waals surface area contributed by atoms with Crippen molar-refractivity contribution < 1.29 is 39.8 Å². The fourth-order valence-corrected chi connectivity index (χ4v) is 4.14. The molecule has 0 saturated heterocycles. The second-order valence-corrected chi connectivity index (χ2v) is 6.78. The van der Waals surface area contributed by atoms with Crippen molar-refractivity contribution in [3.8, 4) is 5.75 Å². The lowest BCUT2D eigenvalue weighted by atomic mass is 10.3. The van der Waals surface area contributed by atoms with Gasteiger partial charge >= 0.3 is 0 Å². The molecule has 0 radical (unpaired) electrons. The van der Waals surface area contributed by atoms with E-state index in [0.29, 0.717) is 0 Å². The Morgan fingerprint density at radius 3 is 1.95 bits per heavy atom. The first-order valence-corrected chi connectivity index (χ1v) is 8.02. The summed E-state index contributed by atoms with van der Waals surface area (Å²) in [5.41, 5.74) is 4.01. The number of aromatic hydroxyl groups is 1. The van der Waals surface area contributed by atoms with Gasteiger partial charge in [-0.2, -0.15) is 16.8 Å². The number of anilines is 1. The van der Waals surface area contributed by atoms with Crippen LogP contribution in [0.3, 0.4) is 0 Å². The molecule has 1 atom stereocenters. The van der Waals surface area contributed by atoms with Crippen LogP contribution in [-0.2, 0) is 31.3 Å². The Morgan fingerprint density at radius 1 is 1.16 bits per heavy atom. The van der Waals surface area contributed by atoms with Gasteiger partial charge in [0.1, 0.15) is 15.5 Å². The molecule has 0 amide bonds. The van der Waals surface area contributed by atoms with Gasteiger partial charge in [0.25, 0.3) is 20.2 Å². The van der Waals surface area contributed by atoms with Crippen LogP contribution in [0.1, 0.15) is 0 Å². The number of phenols is 1. The molecule has 10 nitrogen and oxygen atoms in total. The van der Waals surface area contributed by atoms with Gasteiger partial charge in [0.2, 0.25) is 0 Å². The molecule has 1 aromatic carbocycles. The monoisotopic (exact) mass is 332 g/mol. The quantitative estimate of drug-likeness (QED) is 0.223. The highest BCUT2D eigenvalue weighted by atomic mass is 32.2. The van der Waals surface area contributed by atoms with Gasteiger partial charge in [-0.15, -0.1) is 0 Å². The Bertz CT molecular complexity index is 764. The molecule has 0 fully saturated rings. The molecule has 0 aliphatic rings. The van der Waals surface area contributed by atoms with Gasteiger partial charge in [-0.25, -0.2) is 0 Å². The summed E-state index contributed by atoms with van der Waals surface area (Å²) in [6.45, 7) is 0. The van der Waals surface area contributed by atoms with Crippen molar-refractivity contribution in [3.63, 3.8) is 0 Å². The first-order chi connectivity index (χ1) is 8.37. The fourth-order valence-electron chi connectivity index (χ4n) is 1.22. The third kappa shape index (κ3) is 3.02. The zero-order valence-corrected chi connectivity index (χ0v) is 11.1. The van der Waals surface area contributed by atoms with Crippen molar-refractivity contribution in [3.05, 3.63) is 6.07 Å². The summed E-state index contributed by atoms with van der Waals surface area (Å²) >= 11 is -3.48. The van der Waals surface area contributed by atoms with Crippen molar-refractivity contribution in [2.45, 2.75) is 14.7 Å². The van der Waals surface area contributed by atoms with Crippen molar-refractivity contribution >= 4 is 37.0 Å². The molecule has 0 aliphatic heterocycles. The van der Waals surface area contributed by atoms with Crippen molar-refractivity contribution in [2.75, 3.05) is 5.73 Å². The summed E-state index contributed by atoms with van der Waals surface area (Å²) in [6.07, 6.45) is 0. The summed E-state index contributed by atoms with van der Waals surface area (Å²) in [5, 5.41) is 9.24. The van der Waals surface area contributed by atoms with Crippen LogP contribution in [0, 0.1) is 0 Å². The summed E-state index contributed by atoms with van der Waals surface area (Å²) in [4.78, 5) is -4.44. The summed E-state index contributed by atoms with van der Waals surface area (Å²) in [5.74, 6) is -1.14. The fraction of sp³-hybridized carbons (Fsp3) is 0.